The van der Waals surface area contributed by atoms with Gasteiger partial charge in [0.05, 0.1) is 24.1 Å². The molecule has 3 rings (SSSR count). The summed E-state index contributed by atoms with van der Waals surface area (Å²) < 4.78 is 5.70. The fourth-order valence-corrected chi connectivity index (χ4v) is 4.11. The Kier molecular flexibility index (Phi) is 4.25. The van der Waals surface area contributed by atoms with Crippen LogP contribution in [-0.4, -0.2) is 71.9 Å². The summed E-state index contributed by atoms with van der Waals surface area (Å²) in [6, 6.07) is 0. The summed E-state index contributed by atoms with van der Waals surface area (Å²) in [6.07, 6.45) is 5.25. The molecule has 0 bridgehead atoms. The van der Waals surface area contributed by atoms with E-state index in [9.17, 15) is 9.90 Å². The molecular weight excluding hydrogens is 308 g/mol. The van der Waals surface area contributed by atoms with E-state index in [-0.39, 0.29) is 23.0 Å². The van der Waals surface area contributed by atoms with Crippen molar-refractivity contribution >= 4 is 11.7 Å². The van der Waals surface area contributed by atoms with Gasteiger partial charge in [0.1, 0.15) is 11.5 Å². The van der Waals surface area contributed by atoms with Gasteiger partial charge in [0, 0.05) is 46.1 Å². The molecule has 1 amide bonds. The largest absolute Gasteiger partial charge is 0.392 e. The molecule has 7 heteroatoms. The summed E-state index contributed by atoms with van der Waals surface area (Å²) in [5, 5.41) is 10.3. The second kappa shape index (κ2) is 5.97. The summed E-state index contributed by atoms with van der Waals surface area (Å²) in [5.74, 6) is 0.560. The van der Waals surface area contributed by atoms with E-state index >= 15 is 0 Å². The van der Waals surface area contributed by atoms with E-state index in [1.165, 1.54) is 11.1 Å². The van der Waals surface area contributed by atoms with Gasteiger partial charge >= 0.3 is 0 Å². The summed E-state index contributed by atoms with van der Waals surface area (Å²) in [4.78, 5) is 24.3. The molecule has 1 saturated heterocycles. The van der Waals surface area contributed by atoms with Crippen LogP contribution in [0.2, 0.25) is 0 Å². The molecule has 2 fully saturated rings. The molecule has 1 aliphatic carbocycles. The summed E-state index contributed by atoms with van der Waals surface area (Å²) in [7, 11) is 5.12. The summed E-state index contributed by atoms with van der Waals surface area (Å²) in [5.41, 5.74) is -0.0847. The van der Waals surface area contributed by atoms with Crippen molar-refractivity contribution in [1.82, 2.24) is 14.9 Å². The Hall–Kier alpha value is -1.73. The molecule has 1 aliphatic heterocycles. The monoisotopic (exact) mass is 334 g/mol. The predicted octanol–water partition coefficient (Wildman–Crippen LogP) is 0.935. The van der Waals surface area contributed by atoms with E-state index < -0.39 is 0 Å². The van der Waals surface area contributed by atoms with Crippen LogP contribution in [0.4, 0.5) is 5.82 Å². The minimum Gasteiger partial charge on any atom is -0.392 e. The standard InChI is InChI=1S/C17H26N4O3/c1-16(24-4)9-13(22)17(16)5-7-21(8-6-17)14-11-18-10-12(19-14)15(23)20(2)3/h10-11,13,22H,5-9H2,1-4H3/t13-,16+/m1/s1. The van der Waals surface area contributed by atoms with Gasteiger partial charge in [0.2, 0.25) is 0 Å². The van der Waals surface area contributed by atoms with E-state index in [1.54, 1.807) is 27.4 Å². The van der Waals surface area contributed by atoms with Crippen LogP contribution in [0.15, 0.2) is 12.4 Å². The lowest BCUT2D eigenvalue weighted by Gasteiger charge is -2.62. The van der Waals surface area contributed by atoms with Gasteiger partial charge in [-0.3, -0.25) is 9.78 Å². The van der Waals surface area contributed by atoms with Crippen molar-refractivity contribution in [3.05, 3.63) is 18.1 Å². The van der Waals surface area contributed by atoms with Crippen LogP contribution < -0.4 is 4.90 Å². The molecule has 2 aliphatic rings. The molecule has 0 unspecified atom stereocenters. The first-order valence-electron chi connectivity index (χ1n) is 8.35. The lowest BCUT2D eigenvalue weighted by Crippen LogP contribution is -2.69. The zero-order valence-electron chi connectivity index (χ0n) is 14.8. The molecule has 7 nitrogen and oxygen atoms in total. The second-order valence-corrected chi connectivity index (χ2v) is 7.26. The SMILES string of the molecule is CO[C@@]1(C)C[C@@H](O)C12CCN(c1cncc(C(=O)N(C)C)n1)CC2. The number of rotatable bonds is 3. The minimum absolute atomic E-state index is 0.154. The normalized spacial score (nSPS) is 28.5. The molecule has 1 aromatic rings. The van der Waals surface area contributed by atoms with Crippen LogP contribution in [-0.2, 0) is 4.74 Å². The number of methoxy groups -OCH3 is 1. The Morgan fingerprint density at radius 3 is 2.58 bits per heavy atom. The Morgan fingerprint density at radius 2 is 2.04 bits per heavy atom. The smallest absolute Gasteiger partial charge is 0.273 e. The van der Waals surface area contributed by atoms with E-state index in [0.717, 1.165) is 25.9 Å². The number of hydrogen-bond acceptors (Lipinski definition) is 6. The van der Waals surface area contributed by atoms with Gasteiger partial charge in [0.25, 0.3) is 5.91 Å². The fourth-order valence-electron chi connectivity index (χ4n) is 4.11. The highest BCUT2D eigenvalue weighted by Crippen LogP contribution is 2.58. The van der Waals surface area contributed by atoms with Crippen molar-refractivity contribution in [2.24, 2.45) is 5.41 Å². The number of carbonyl (C=O) groups excluding carboxylic acids is 1. The number of amides is 1. The van der Waals surface area contributed by atoms with Crippen molar-refractivity contribution in [3.63, 3.8) is 0 Å². The Balaban J connectivity index is 1.74. The first-order valence-corrected chi connectivity index (χ1v) is 8.35. The van der Waals surface area contributed by atoms with Crippen LogP contribution in [0.5, 0.6) is 0 Å². The molecule has 1 spiro atoms. The molecule has 24 heavy (non-hydrogen) atoms. The van der Waals surface area contributed by atoms with Crippen LogP contribution in [0, 0.1) is 5.41 Å². The number of aliphatic hydroxyl groups excluding tert-OH is 1. The van der Waals surface area contributed by atoms with Gasteiger partial charge in [-0.2, -0.15) is 0 Å². The van der Waals surface area contributed by atoms with Crippen LogP contribution in [0.25, 0.3) is 0 Å². The minimum atomic E-state index is -0.308. The van der Waals surface area contributed by atoms with E-state index in [0.29, 0.717) is 17.9 Å². The zero-order valence-corrected chi connectivity index (χ0v) is 14.8. The molecule has 2 atom stereocenters. The number of ether oxygens (including phenoxy) is 1. The van der Waals surface area contributed by atoms with Crippen molar-refractivity contribution in [1.29, 1.82) is 0 Å². The van der Waals surface area contributed by atoms with Crippen molar-refractivity contribution in [3.8, 4) is 0 Å². The van der Waals surface area contributed by atoms with Gasteiger partial charge in [0.15, 0.2) is 0 Å². The van der Waals surface area contributed by atoms with Gasteiger partial charge in [-0.05, 0) is 19.8 Å². The number of aromatic nitrogens is 2. The van der Waals surface area contributed by atoms with E-state index in [2.05, 4.69) is 21.8 Å². The molecular formula is C17H26N4O3. The summed E-state index contributed by atoms with van der Waals surface area (Å²) in [6.45, 7) is 3.63. The quantitative estimate of drug-likeness (QED) is 0.886. The Labute approximate surface area is 142 Å². The fraction of sp³-hybridized carbons (Fsp3) is 0.706. The Bertz CT molecular complexity index is 628. The average molecular weight is 334 g/mol. The zero-order chi connectivity index (χ0) is 17.5. The maximum absolute atomic E-state index is 12.1. The molecule has 1 aromatic heterocycles. The number of anilines is 1. The molecule has 1 saturated carbocycles. The number of piperidine rings is 1. The van der Waals surface area contributed by atoms with Gasteiger partial charge in [-0.1, -0.05) is 0 Å². The first kappa shape index (κ1) is 17.1. The van der Waals surface area contributed by atoms with Gasteiger partial charge in [-0.25, -0.2) is 4.98 Å². The highest BCUT2D eigenvalue weighted by Gasteiger charge is 2.63. The van der Waals surface area contributed by atoms with E-state index in [4.69, 9.17) is 4.74 Å². The average Bonchev–Trinajstić information content (AvgIpc) is 2.61. The molecule has 1 N–H and O–H groups in total. The van der Waals surface area contributed by atoms with Crippen LogP contribution in [0.3, 0.4) is 0 Å². The third-order valence-corrected chi connectivity index (χ3v) is 5.95. The van der Waals surface area contributed by atoms with Crippen molar-refractivity contribution in [2.45, 2.75) is 37.9 Å². The second-order valence-electron chi connectivity index (χ2n) is 7.26. The topological polar surface area (TPSA) is 78.8 Å². The highest BCUT2D eigenvalue weighted by atomic mass is 16.5. The highest BCUT2D eigenvalue weighted by molar-refractivity contribution is 5.91. The van der Waals surface area contributed by atoms with E-state index in [1.807, 2.05) is 0 Å². The molecule has 0 radical (unpaired) electrons. The molecule has 0 aromatic carbocycles. The van der Waals surface area contributed by atoms with Crippen LogP contribution in [0.1, 0.15) is 36.7 Å². The lowest BCUT2D eigenvalue weighted by atomic mass is 9.51. The number of carbonyl (C=O) groups is 1. The van der Waals surface area contributed by atoms with Gasteiger partial charge < -0.3 is 19.6 Å². The maximum Gasteiger partial charge on any atom is 0.273 e. The van der Waals surface area contributed by atoms with Crippen molar-refractivity contribution < 1.29 is 14.6 Å². The third-order valence-electron chi connectivity index (χ3n) is 5.95. The molecule has 132 valence electrons. The number of nitrogens with zero attached hydrogens (tertiary/aromatic N) is 4. The number of hydrogen-bond donors (Lipinski definition) is 1. The van der Waals surface area contributed by atoms with Crippen LogP contribution >= 0.6 is 0 Å². The third kappa shape index (κ3) is 2.46. The number of aliphatic hydroxyl groups is 1. The first-order chi connectivity index (χ1) is 11.3. The lowest BCUT2D eigenvalue weighted by molar-refractivity contribution is -0.253. The van der Waals surface area contributed by atoms with Crippen molar-refractivity contribution in [2.75, 3.05) is 39.2 Å². The van der Waals surface area contributed by atoms with Gasteiger partial charge in [-0.15, -0.1) is 0 Å². The Morgan fingerprint density at radius 1 is 1.38 bits per heavy atom. The predicted molar refractivity (Wildman–Crippen MR) is 90.0 cm³/mol. The maximum atomic E-state index is 12.1. The summed E-state index contributed by atoms with van der Waals surface area (Å²) >= 11 is 0. The molecule has 2 heterocycles.